The van der Waals surface area contributed by atoms with Crippen LogP contribution in [0.3, 0.4) is 0 Å². The molecule has 1 unspecified atom stereocenters. The van der Waals surface area contributed by atoms with E-state index < -0.39 is 10.6 Å². The summed E-state index contributed by atoms with van der Waals surface area (Å²) in [5.74, 6) is -0.327. The van der Waals surface area contributed by atoms with Crippen molar-refractivity contribution in [3.05, 3.63) is 29.8 Å². The molecule has 0 saturated heterocycles. The zero-order chi connectivity index (χ0) is 12.5. The van der Waals surface area contributed by atoms with Crippen LogP contribution in [0, 0.1) is 6.07 Å². The highest BCUT2D eigenvalue weighted by atomic mass is 16.5. The maximum absolute atomic E-state index is 11.8. The minimum Gasteiger partial charge on any atom is -0.379 e. The van der Waals surface area contributed by atoms with Gasteiger partial charge in [-0.25, -0.2) is 4.79 Å². The third-order valence-corrected chi connectivity index (χ3v) is 2.80. The number of carbonyl (C=O) groups excluding carboxylic acids is 2. The summed E-state index contributed by atoms with van der Waals surface area (Å²) in [5, 5.41) is 0. The fourth-order valence-electron chi connectivity index (χ4n) is 1.92. The van der Waals surface area contributed by atoms with Gasteiger partial charge < -0.3 is 10.5 Å². The number of benzene rings is 1. The highest BCUT2D eigenvalue weighted by Gasteiger charge is 2.48. The lowest BCUT2D eigenvalue weighted by atomic mass is 10.2. The molecule has 1 aliphatic rings. The smallest absolute Gasteiger partial charge is 0.379 e. The average molecular weight is 235 g/mol. The van der Waals surface area contributed by atoms with Gasteiger partial charge in [-0.3, -0.25) is 4.79 Å². The van der Waals surface area contributed by atoms with E-state index in [1.807, 2.05) is 0 Å². The highest BCUT2D eigenvalue weighted by Crippen LogP contribution is 2.30. The number of hydrogen-bond donors (Lipinski definition) is 2. The molecule has 0 aliphatic carbocycles. The monoisotopic (exact) mass is 235 g/mol. The zero-order valence-electron chi connectivity index (χ0n) is 9.40. The van der Waals surface area contributed by atoms with Gasteiger partial charge in [-0.2, -0.15) is 5.43 Å². The van der Waals surface area contributed by atoms with Crippen LogP contribution >= 0.6 is 0 Å². The van der Waals surface area contributed by atoms with Gasteiger partial charge in [0.2, 0.25) is 0 Å². The third-order valence-electron chi connectivity index (χ3n) is 2.80. The van der Waals surface area contributed by atoms with Gasteiger partial charge in [0, 0.05) is 13.2 Å². The van der Waals surface area contributed by atoms with Crippen LogP contribution in [-0.2, 0) is 4.74 Å². The van der Waals surface area contributed by atoms with E-state index in [0.29, 0.717) is 17.9 Å². The minimum atomic E-state index is -0.639. The molecule has 3 amide bonds. The summed E-state index contributed by atoms with van der Waals surface area (Å²) in [6.07, 6.45) is 0. The van der Waals surface area contributed by atoms with Gasteiger partial charge in [0.25, 0.3) is 0 Å². The number of hydrogen-bond acceptors (Lipinski definition) is 3. The van der Waals surface area contributed by atoms with Crippen molar-refractivity contribution in [2.24, 2.45) is 5.73 Å². The van der Waals surface area contributed by atoms with Crippen molar-refractivity contribution < 1.29 is 14.3 Å². The molecule has 89 valence electrons. The number of nitrogens with zero attached hydrogens (tertiary/aromatic N) is 1. The molecule has 1 aromatic carbocycles. The Kier molecular flexibility index (Phi) is 2.83. The number of rotatable bonds is 3. The van der Waals surface area contributed by atoms with Crippen molar-refractivity contribution in [2.45, 2.75) is 0 Å². The van der Waals surface area contributed by atoms with E-state index in [1.54, 1.807) is 18.2 Å². The Morgan fingerprint density at radius 3 is 3.06 bits per heavy atom. The quantitative estimate of drug-likeness (QED) is 0.733. The summed E-state index contributed by atoms with van der Waals surface area (Å²) in [7, 11) is 1.52. The van der Waals surface area contributed by atoms with E-state index in [2.05, 4.69) is 11.5 Å². The van der Waals surface area contributed by atoms with Crippen LogP contribution in [0.4, 0.5) is 10.5 Å². The Balaban J connectivity index is 2.49. The van der Waals surface area contributed by atoms with E-state index in [9.17, 15) is 9.59 Å². The Hall–Kier alpha value is -1.92. The number of carbonyl (C=O) groups is 2. The number of methoxy groups -OCH3 is 1. The summed E-state index contributed by atoms with van der Waals surface area (Å²) in [6, 6.07) is 7.01. The number of nitrogens with one attached hydrogen (secondary N) is 1. The Labute approximate surface area is 98.5 Å². The van der Waals surface area contributed by atoms with Gasteiger partial charge in [-0.05, 0) is 18.2 Å². The predicted octanol–water partition coefficient (Wildman–Crippen LogP) is 0.178. The van der Waals surface area contributed by atoms with Gasteiger partial charge in [0.05, 0.1) is 6.61 Å². The lowest BCUT2D eigenvalue weighted by Crippen LogP contribution is -2.65. The van der Waals surface area contributed by atoms with Crippen molar-refractivity contribution in [2.75, 3.05) is 20.3 Å². The Bertz CT molecular complexity index is 475. The maximum Gasteiger partial charge on any atom is 0.443 e. The minimum absolute atomic E-state index is 0.259. The Morgan fingerprint density at radius 2 is 2.41 bits per heavy atom. The van der Waals surface area contributed by atoms with Gasteiger partial charge in [0.1, 0.15) is 12.1 Å². The first kappa shape index (κ1) is 11.6. The van der Waals surface area contributed by atoms with Crippen molar-refractivity contribution in [3.8, 4) is 0 Å². The maximum atomic E-state index is 11.8. The number of primary amides is 1. The first-order chi connectivity index (χ1) is 8.12. The summed E-state index contributed by atoms with van der Waals surface area (Å²) in [6.45, 7) is 0.565. The lowest BCUT2D eigenvalue weighted by Gasteiger charge is -2.27. The van der Waals surface area contributed by atoms with Crippen LogP contribution in [-0.4, -0.2) is 32.2 Å². The molecule has 1 heterocycles. The molecule has 1 aromatic rings. The molecule has 0 saturated carbocycles. The largest absolute Gasteiger partial charge is 0.443 e. The topological polar surface area (TPSA) is 81.4 Å². The number of nitrogens with two attached hydrogens (primary N) is 1. The normalized spacial score (nSPS) is 22.1. The molecule has 1 aliphatic heterocycles. The fraction of sp³-hybridized carbons (Fsp3) is 0.273. The SMILES string of the molecule is COCC[N+]1(C(N)=O)NC(=O)c2c[c]ccc21. The third kappa shape index (κ3) is 1.67. The molecular formula is C11H13N3O3+. The lowest BCUT2D eigenvalue weighted by molar-refractivity contribution is 0.0848. The number of urea groups is 1. The number of fused-ring (bicyclic) bond motifs is 1. The van der Waals surface area contributed by atoms with Gasteiger partial charge in [0.15, 0.2) is 5.69 Å². The van der Waals surface area contributed by atoms with Crippen molar-refractivity contribution in [1.82, 2.24) is 10.0 Å². The molecule has 1 atom stereocenters. The molecule has 0 spiro atoms. The molecule has 3 N–H and O–H groups in total. The molecule has 0 bridgehead atoms. The molecule has 17 heavy (non-hydrogen) atoms. The molecule has 2 rings (SSSR count). The first-order valence-electron chi connectivity index (χ1n) is 5.12. The average Bonchev–Trinajstić information content (AvgIpc) is 2.62. The van der Waals surface area contributed by atoms with E-state index in [0.717, 1.165) is 0 Å². The van der Waals surface area contributed by atoms with Gasteiger partial charge in [-0.1, -0.05) is 0 Å². The van der Waals surface area contributed by atoms with Crippen molar-refractivity contribution in [3.63, 3.8) is 0 Å². The summed E-state index contributed by atoms with van der Waals surface area (Å²) < 4.78 is 4.54. The molecule has 1 radical (unpaired) electrons. The molecule has 6 nitrogen and oxygen atoms in total. The highest BCUT2D eigenvalue weighted by molar-refractivity contribution is 6.08. The van der Waals surface area contributed by atoms with E-state index in [1.165, 1.54) is 7.11 Å². The number of quaternary nitrogens is 1. The van der Waals surface area contributed by atoms with Crippen molar-refractivity contribution in [1.29, 1.82) is 0 Å². The standard InChI is InChI=1S/C11H12N3O3/c1-17-7-6-14(11(12)16)9-5-3-2-4-8(9)10(15)13-14/h3-5H,6-7H2,1H3,(H2-,12,13,15,16)/p+1. The number of ether oxygens (including phenoxy) is 1. The van der Waals surface area contributed by atoms with Gasteiger partial charge in [-0.15, -0.1) is 4.59 Å². The van der Waals surface area contributed by atoms with Crippen LogP contribution in [0.25, 0.3) is 0 Å². The van der Waals surface area contributed by atoms with Crippen LogP contribution < -0.4 is 15.8 Å². The number of amides is 3. The second-order valence-electron chi connectivity index (χ2n) is 3.75. The van der Waals surface area contributed by atoms with Crippen LogP contribution in [0.2, 0.25) is 0 Å². The van der Waals surface area contributed by atoms with Crippen LogP contribution in [0.15, 0.2) is 18.2 Å². The van der Waals surface area contributed by atoms with Crippen LogP contribution in [0.5, 0.6) is 0 Å². The van der Waals surface area contributed by atoms with E-state index in [-0.39, 0.29) is 12.5 Å². The summed E-state index contributed by atoms with van der Waals surface area (Å²) >= 11 is 0. The fourth-order valence-corrected chi connectivity index (χ4v) is 1.92. The van der Waals surface area contributed by atoms with E-state index in [4.69, 9.17) is 10.5 Å². The zero-order valence-corrected chi connectivity index (χ0v) is 9.40. The molecule has 0 aromatic heterocycles. The second kappa shape index (κ2) is 4.15. The molecular weight excluding hydrogens is 222 g/mol. The van der Waals surface area contributed by atoms with Crippen molar-refractivity contribution >= 4 is 17.6 Å². The summed E-state index contributed by atoms with van der Waals surface area (Å²) in [4.78, 5) is 23.4. The van der Waals surface area contributed by atoms with Crippen LogP contribution in [0.1, 0.15) is 10.4 Å². The van der Waals surface area contributed by atoms with E-state index >= 15 is 0 Å². The second-order valence-corrected chi connectivity index (χ2v) is 3.75. The molecule has 6 heteroatoms. The molecule has 0 fully saturated rings. The Morgan fingerprint density at radius 1 is 1.65 bits per heavy atom. The predicted molar refractivity (Wildman–Crippen MR) is 60.9 cm³/mol. The van der Waals surface area contributed by atoms with Gasteiger partial charge >= 0.3 is 11.9 Å². The first-order valence-corrected chi connectivity index (χ1v) is 5.12. The summed E-state index contributed by atoms with van der Waals surface area (Å²) in [5.41, 5.74) is 8.95.